The van der Waals surface area contributed by atoms with E-state index < -0.39 is 0 Å². The van der Waals surface area contributed by atoms with Gasteiger partial charge < -0.3 is 4.90 Å². The molecule has 2 aromatic carbocycles. The highest BCUT2D eigenvalue weighted by Gasteiger charge is 2.24. The van der Waals surface area contributed by atoms with Gasteiger partial charge >= 0.3 is 0 Å². The first-order chi connectivity index (χ1) is 16.2. The van der Waals surface area contributed by atoms with Gasteiger partial charge in [-0.25, -0.2) is 0 Å². The van der Waals surface area contributed by atoms with Crippen LogP contribution in [-0.4, -0.2) is 6.54 Å². The number of benzene rings is 2. The molecular weight excluding hydrogens is 440 g/mol. The number of aromatic nitrogens is 1. The molecule has 2 nitrogen and oxygen atoms in total. The summed E-state index contributed by atoms with van der Waals surface area (Å²) in [6, 6.07) is 17.4. The fourth-order valence-corrected chi connectivity index (χ4v) is 7.19. The van der Waals surface area contributed by atoms with Crippen molar-refractivity contribution in [1.29, 1.82) is 0 Å². The van der Waals surface area contributed by atoms with Crippen LogP contribution in [0.4, 0.5) is 5.69 Å². The van der Waals surface area contributed by atoms with Gasteiger partial charge in [0.2, 0.25) is 5.52 Å². The first-order valence-corrected chi connectivity index (χ1v) is 13.5. The smallest absolute Gasteiger partial charge is 0.262 e. The number of hydrogen-bond donors (Lipinski definition) is 0. The minimum absolute atomic E-state index is 0.662. The maximum atomic E-state index is 2.44. The number of anilines is 1. The van der Waals surface area contributed by atoms with Gasteiger partial charge in [-0.3, -0.25) is 0 Å². The van der Waals surface area contributed by atoms with E-state index in [1.54, 1.807) is 0 Å². The van der Waals surface area contributed by atoms with Crippen molar-refractivity contribution in [3.8, 4) is 0 Å². The van der Waals surface area contributed by atoms with Gasteiger partial charge in [-0.2, -0.15) is 4.57 Å². The number of allylic oxidation sites excluding steroid dienone is 6. The Bertz CT molecular complexity index is 1290. The zero-order valence-electron chi connectivity index (χ0n) is 19.6. The molecule has 0 saturated heterocycles. The van der Waals surface area contributed by atoms with Crippen LogP contribution in [0.5, 0.6) is 0 Å². The summed E-state index contributed by atoms with van der Waals surface area (Å²) in [6.45, 7) is 8.81. The molecule has 168 valence electrons. The second-order valence-electron chi connectivity index (χ2n) is 8.78. The van der Waals surface area contributed by atoms with Crippen LogP contribution in [0.1, 0.15) is 38.6 Å². The highest BCUT2D eigenvalue weighted by Crippen LogP contribution is 2.46. The van der Waals surface area contributed by atoms with E-state index in [2.05, 4.69) is 109 Å². The SMILES string of the molecule is CCN1/C(=C\C2=CC(=C/C=C/c3sc4ccccc4[n+]3CC)/CC(C)C2)Sc2ccccc21. The van der Waals surface area contributed by atoms with E-state index in [0.29, 0.717) is 5.92 Å². The first kappa shape index (κ1) is 22.2. The number of hydrogen-bond acceptors (Lipinski definition) is 3. The number of thioether (sulfide) groups is 1. The minimum atomic E-state index is 0.662. The van der Waals surface area contributed by atoms with E-state index in [0.717, 1.165) is 25.9 Å². The monoisotopic (exact) mass is 471 g/mol. The second kappa shape index (κ2) is 9.74. The summed E-state index contributed by atoms with van der Waals surface area (Å²) >= 11 is 3.77. The van der Waals surface area contributed by atoms with E-state index in [1.807, 2.05) is 23.1 Å². The van der Waals surface area contributed by atoms with Gasteiger partial charge in [0.1, 0.15) is 11.2 Å². The summed E-state index contributed by atoms with van der Waals surface area (Å²) in [5, 5.41) is 2.66. The maximum absolute atomic E-state index is 2.44. The molecule has 1 unspecified atom stereocenters. The summed E-state index contributed by atoms with van der Waals surface area (Å²) in [5.74, 6) is 0.662. The van der Waals surface area contributed by atoms with E-state index >= 15 is 0 Å². The Morgan fingerprint density at radius 1 is 1.06 bits per heavy atom. The summed E-state index contributed by atoms with van der Waals surface area (Å²) in [7, 11) is 0. The lowest BCUT2D eigenvalue weighted by Crippen LogP contribution is -2.33. The zero-order chi connectivity index (χ0) is 22.8. The summed E-state index contributed by atoms with van der Waals surface area (Å²) in [6.07, 6.45) is 13.9. The van der Waals surface area contributed by atoms with Crippen LogP contribution in [0.25, 0.3) is 16.3 Å². The molecule has 0 radical (unpaired) electrons. The summed E-state index contributed by atoms with van der Waals surface area (Å²) in [4.78, 5) is 3.80. The lowest BCUT2D eigenvalue weighted by atomic mass is 9.87. The molecule has 1 aliphatic carbocycles. The van der Waals surface area contributed by atoms with E-state index in [4.69, 9.17) is 0 Å². The second-order valence-corrected chi connectivity index (χ2v) is 10.9. The minimum Gasteiger partial charge on any atom is -0.335 e. The molecule has 0 saturated carbocycles. The molecule has 1 aliphatic heterocycles. The van der Waals surface area contributed by atoms with Crippen molar-refractivity contribution in [3.63, 3.8) is 0 Å². The molecule has 0 bridgehead atoms. The van der Waals surface area contributed by atoms with E-state index in [1.165, 1.54) is 42.0 Å². The average Bonchev–Trinajstić information content (AvgIpc) is 3.35. The quantitative estimate of drug-likeness (QED) is 0.348. The third-order valence-electron chi connectivity index (χ3n) is 6.30. The normalized spacial score (nSPS) is 20.9. The van der Waals surface area contributed by atoms with Gasteiger partial charge in [0, 0.05) is 23.6 Å². The van der Waals surface area contributed by atoms with Gasteiger partial charge in [-0.1, -0.05) is 72.5 Å². The molecule has 1 atom stereocenters. The van der Waals surface area contributed by atoms with Crippen molar-refractivity contribution in [1.82, 2.24) is 0 Å². The van der Waals surface area contributed by atoms with Crippen LogP contribution in [0, 0.1) is 5.92 Å². The van der Waals surface area contributed by atoms with Crippen molar-refractivity contribution >= 4 is 45.1 Å². The van der Waals surface area contributed by atoms with Crippen LogP contribution < -0.4 is 9.47 Å². The van der Waals surface area contributed by atoms with Gasteiger partial charge in [0.15, 0.2) is 0 Å². The molecule has 3 aromatic rings. The van der Waals surface area contributed by atoms with Crippen LogP contribution in [-0.2, 0) is 6.54 Å². The maximum Gasteiger partial charge on any atom is 0.262 e. The largest absolute Gasteiger partial charge is 0.335 e. The highest BCUT2D eigenvalue weighted by molar-refractivity contribution is 8.03. The van der Waals surface area contributed by atoms with Crippen molar-refractivity contribution in [2.75, 3.05) is 11.4 Å². The van der Waals surface area contributed by atoms with E-state index in [-0.39, 0.29) is 0 Å². The Kier molecular flexibility index (Phi) is 6.57. The number of thiazole rings is 1. The molecule has 4 heteroatoms. The van der Waals surface area contributed by atoms with Gasteiger partial charge in [0.05, 0.1) is 10.7 Å². The first-order valence-electron chi connectivity index (χ1n) is 11.9. The molecule has 0 fully saturated rings. The highest BCUT2D eigenvalue weighted by atomic mass is 32.2. The molecule has 0 amide bonds. The van der Waals surface area contributed by atoms with Crippen molar-refractivity contribution in [2.24, 2.45) is 5.92 Å². The van der Waals surface area contributed by atoms with Crippen molar-refractivity contribution in [2.45, 2.75) is 45.1 Å². The molecular formula is C29H31N2S2+. The predicted molar refractivity (Wildman–Crippen MR) is 145 cm³/mol. The van der Waals surface area contributed by atoms with Crippen LogP contribution in [0.2, 0.25) is 0 Å². The van der Waals surface area contributed by atoms with Crippen molar-refractivity contribution < 1.29 is 4.57 Å². The molecule has 1 aromatic heterocycles. The molecule has 0 N–H and O–H groups in total. The Morgan fingerprint density at radius 3 is 2.73 bits per heavy atom. The number of nitrogens with zero attached hydrogens (tertiary/aromatic N) is 2. The Hall–Kier alpha value is -2.56. The third kappa shape index (κ3) is 4.60. The summed E-state index contributed by atoms with van der Waals surface area (Å²) < 4.78 is 3.75. The van der Waals surface area contributed by atoms with Crippen LogP contribution >= 0.6 is 23.1 Å². The summed E-state index contributed by atoms with van der Waals surface area (Å²) in [5.41, 5.74) is 5.53. The van der Waals surface area contributed by atoms with Gasteiger partial charge in [0.25, 0.3) is 5.01 Å². The molecule has 0 spiro atoms. The number of rotatable bonds is 5. The number of para-hydroxylation sites is 2. The zero-order valence-corrected chi connectivity index (χ0v) is 21.3. The van der Waals surface area contributed by atoms with Gasteiger partial charge in [-0.15, -0.1) is 0 Å². The molecule has 33 heavy (non-hydrogen) atoms. The molecule has 2 heterocycles. The fraction of sp³-hybridized carbons (Fsp3) is 0.276. The lowest BCUT2D eigenvalue weighted by Gasteiger charge is -2.22. The molecule has 2 aliphatic rings. The fourth-order valence-electron chi connectivity index (χ4n) is 4.85. The number of aryl methyl sites for hydroxylation is 1. The Balaban J connectivity index is 1.40. The standard InChI is InChI=1S/C29H31N2S2/c1-4-30-24-12-6-8-14-26(24)32-28(30)16-10-11-22-17-21(3)18-23(19-22)20-29-31(5-2)25-13-7-9-15-27(25)33-29/h6-16,19-21H,4-5,17-18H2,1-3H3/q+1. The van der Waals surface area contributed by atoms with Crippen LogP contribution in [0.15, 0.2) is 93.9 Å². The Labute approximate surface area is 205 Å². The lowest BCUT2D eigenvalue weighted by molar-refractivity contribution is -0.665. The van der Waals surface area contributed by atoms with Crippen molar-refractivity contribution in [3.05, 3.63) is 94.0 Å². The molecule has 5 rings (SSSR count). The third-order valence-corrected chi connectivity index (χ3v) is 8.55. The topological polar surface area (TPSA) is 7.12 Å². The number of fused-ring (bicyclic) bond motifs is 2. The average molecular weight is 472 g/mol. The van der Waals surface area contributed by atoms with Crippen LogP contribution in [0.3, 0.4) is 0 Å². The van der Waals surface area contributed by atoms with Gasteiger partial charge in [-0.05, 0) is 68.0 Å². The van der Waals surface area contributed by atoms with E-state index in [9.17, 15) is 0 Å². The Morgan fingerprint density at radius 2 is 1.88 bits per heavy atom. The predicted octanol–water partition coefficient (Wildman–Crippen LogP) is 7.98.